The van der Waals surface area contributed by atoms with Gasteiger partial charge in [-0.25, -0.2) is 0 Å². The molecule has 1 saturated heterocycles. The van der Waals surface area contributed by atoms with Crippen molar-refractivity contribution in [3.63, 3.8) is 0 Å². The molecule has 1 aromatic rings. The smallest absolute Gasteiger partial charge is 0.320 e. The monoisotopic (exact) mass is 504 g/mol. The van der Waals surface area contributed by atoms with Gasteiger partial charge in [0.15, 0.2) is 0 Å². The largest absolute Gasteiger partial charge is 0.464 e. The Morgan fingerprint density at radius 2 is 1.67 bits per heavy atom. The van der Waals surface area contributed by atoms with Crippen LogP contribution in [0.3, 0.4) is 0 Å². The zero-order chi connectivity index (χ0) is 26.7. The summed E-state index contributed by atoms with van der Waals surface area (Å²) in [6.07, 6.45) is 0.759. The molecule has 2 rings (SSSR count). The van der Waals surface area contributed by atoms with Crippen LogP contribution in [0.4, 0.5) is 0 Å². The number of rotatable bonds is 11. The van der Waals surface area contributed by atoms with E-state index < -0.39 is 5.60 Å². The Morgan fingerprint density at radius 1 is 0.972 bits per heavy atom. The second-order valence-electron chi connectivity index (χ2n) is 10.3. The van der Waals surface area contributed by atoms with Gasteiger partial charge in [0.25, 0.3) is 0 Å². The first-order valence-corrected chi connectivity index (χ1v) is 12.5. The standard InChI is InChI=1S/C27H40N2O7/c1-20(2)26(33)35-19-22-16-29(15-14-28(22)17-25(32)36-27(3,4)5)23(30)12-9-13-24(31)34-18-21-10-7-6-8-11-21/h6-8,10-11,20,22H,9,12-19H2,1-5H3. The average Bonchev–Trinajstić information content (AvgIpc) is 2.81. The number of hydrogen-bond donors (Lipinski definition) is 0. The van der Waals surface area contributed by atoms with Crippen molar-refractivity contribution in [1.82, 2.24) is 9.80 Å². The second kappa shape index (κ2) is 14.0. The molecule has 0 spiro atoms. The topological polar surface area (TPSA) is 102 Å². The van der Waals surface area contributed by atoms with Gasteiger partial charge >= 0.3 is 17.9 Å². The number of amides is 1. The molecule has 36 heavy (non-hydrogen) atoms. The van der Waals surface area contributed by atoms with Crippen molar-refractivity contribution >= 4 is 23.8 Å². The Balaban J connectivity index is 1.85. The summed E-state index contributed by atoms with van der Waals surface area (Å²) in [7, 11) is 0. The minimum atomic E-state index is -0.600. The van der Waals surface area contributed by atoms with Crippen LogP contribution in [0.2, 0.25) is 0 Å². The maximum Gasteiger partial charge on any atom is 0.320 e. The lowest BCUT2D eigenvalue weighted by atomic mass is 10.1. The molecule has 0 aliphatic carbocycles. The molecule has 1 atom stereocenters. The molecule has 0 bridgehead atoms. The Hall–Kier alpha value is -2.94. The highest BCUT2D eigenvalue weighted by atomic mass is 16.6. The number of carbonyl (C=O) groups excluding carboxylic acids is 4. The van der Waals surface area contributed by atoms with E-state index in [1.807, 2.05) is 35.2 Å². The number of hydrogen-bond acceptors (Lipinski definition) is 8. The van der Waals surface area contributed by atoms with E-state index in [0.29, 0.717) is 26.1 Å². The predicted octanol–water partition coefficient (Wildman–Crippen LogP) is 2.95. The van der Waals surface area contributed by atoms with Crippen molar-refractivity contribution in [2.75, 3.05) is 32.8 Å². The lowest BCUT2D eigenvalue weighted by Gasteiger charge is -2.41. The van der Waals surface area contributed by atoms with Gasteiger partial charge in [-0.3, -0.25) is 24.1 Å². The SMILES string of the molecule is CC(C)C(=O)OCC1CN(C(=O)CCCC(=O)OCc2ccccc2)CCN1CC(=O)OC(C)(C)C. The van der Waals surface area contributed by atoms with E-state index >= 15 is 0 Å². The Bertz CT molecular complexity index is 880. The Kier molecular flexibility index (Phi) is 11.4. The first-order chi connectivity index (χ1) is 16.9. The molecule has 0 aromatic heterocycles. The van der Waals surface area contributed by atoms with E-state index in [1.54, 1.807) is 39.5 Å². The first-order valence-electron chi connectivity index (χ1n) is 12.5. The zero-order valence-electron chi connectivity index (χ0n) is 22.2. The fourth-order valence-electron chi connectivity index (χ4n) is 3.72. The molecular formula is C27H40N2O7. The van der Waals surface area contributed by atoms with Crippen molar-refractivity contribution in [2.45, 2.75) is 72.1 Å². The van der Waals surface area contributed by atoms with Crippen LogP contribution in [-0.4, -0.2) is 78.0 Å². The molecule has 9 heteroatoms. The van der Waals surface area contributed by atoms with E-state index in [2.05, 4.69) is 0 Å². The summed E-state index contributed by atoms with van der Waals surface area (Å²) in [5.74, 6) is -1.39. The summed E-state index contributed by atoms with van der Waals surface area (Å²) < 4.78 is 16.1. The molecule has 1 fully saturated rings. The summed E-state index contributed by atoms with van der Waals surface area (Å²) >= 11 is 0. The Labute approximate surface area is 214 Å². The highest BCUT2D eigenvalue weighted by Gasteiger charge is 2.32. The van der Waals surface area contributed by atoms with Crippen molar-refractivity contribution in [3.8, 4) is 0 Å². The number of piperazine rings is 1. The predicted molar refractivity (Wildman–Crippen MR) is 134 cm³/mol. The molecule has 0 N–H and O–H groups in total. The number of ether oxygens (including phenoxy) is 3. The van der Waals surface area contributed by atoms with Crippen LogP contribution in [0, 0.1) is 5.92 Å². The molecule has 0 radical (unpaired) electrons. The second-order valence-corrected chi connectivity index (χ2v) is 10.3. The highest BCUT2D eigenvalue weighted by molar-refractivity contribution is 5.77. The van der Waals surface area contributed by atoms with E-state index in [-0.39, 0.29) is 68.4 Å². The van der Waals surface area contributed by atoms with E-state index in [9.17, 15) is 19.2 Å². The van der Waals surface area contributed by atoms with Gasteiger partial charge in [0.2, 0.25) is 5.91 Å². The number of benzene rings is 1. The lowest BCUT2D eigenvalue weighted by Crippen LogP contribution is -2.58. The van der Waals surface area contributed by atoms with Gasteiger partial charge in [-0.05, 0) is 32.8 Å². The zero-order valence-corrected chi connectivity index (χ0v) is 22.2. The normalized spacial score (nSPS) is 16.5. The maximum absolute atomic E-state index is 12.8. The molecule has 1 unspecified atom stereocenters. The minimum absolute atomic E-state index is 0.0520. The van der Waals surface area contributed by atoms with Crippen LogP contribution >= 0.6 is 0 Å². The van der Waals surface area contributed by atoms with Crippen LogP contribution < -0.4 is 0 Å². The van der Waals surface area contributed by atoms with Gasteiger partial charge in [0, 0.05) is 32.5 Å². The third-order valence-corrected chi connectivity index (χ3v) is 5.61. The minimum Gasteiger partial charge on any atom is -0.464 e. The summed E-state index contributed by atoms with van der Waals surface area (Å²) in [4.78, 5) is 52.8. The number of nitrogens with zero attached hydrogens (tertiary/aromatic N) is 2. The molecule has 1 aliphatic heterocycles. The van der Waals surface area contributed by atoms with E-state index in [1.165, 1.54) is 0 Å². The van der Waals surface area contributed by atoms with Crippen molar-refractivity contribution in [2.24, 2.45) is 5.92 Å². The average molecular weight is 505 g/mol. The van der Waals surface area contributed by atoms with Crippen LogP contribution in [0.15, 0.2) is 30.3 Å². The van der Waals surface area contributed by atoms with Crippen LogP contribution in [0.1, 0.15) is 59.4 Å². The van der Waals surface area contributed by atoms with Crippen molar-refractivity contribution < 1.29 is 33.4 Å². The summed E-state index contributed by atoms with van der Waals surface area (Å²) in [6, 6.07) is 9.10. The van der Waals surface area contributed by atoms with Gasteiger partial charge in [-0.1, -0.05) is 44.2 Å². The summed E-state index contributed by atoms with van der Waals surface area (Å²) in [5.41, 5.74) is 0.312. The quantitative estimate of drug-likeness (QED) is 0.335. The van der Waals surface area contributed by atoms with E-state index in [0.717, 1.165) is 5.56 Å². The van der Waals surface area contributed by atoms with Gasteiger partial charge in [-0.15, -0.1) is 0 Å². The molecule has 1 amide bonds. The summed E-state index contributed by atoms with van der Waals surface area (Å²) in [5, 5.41) is 0. The molecule has 0 saturated carbocycles. The molecule has 1 aromatic carbocycles. The number of esters is 3. The number of carbonyl (C=O) groups is 4. The molecule has 1 aliphatic rings. The van der Waals surface area contributed by atoms with Crippen LogP contribution in [-0.2, 0) is 40.0 Å². The summed E-state index contributed by atoms with van der Waals surface area (Å²) in [6.45, 7) is 10.5. The maximum atomic E-state index is 12.8. The lowest BCUT2D eigenvalue weighted by molar-refractivity contribution is -0.159. The van der Waals surface area contributed by atoms with Crippen LogP contribution in [0.25, 0.3) is 0 Å². The first kappa shape index (κ1) is 29.3. The molecule has 9 nitrogen and oxygen atoms in total. The third kappa shape index (κ3) is 10.8. The molecule has 200 valence electrons. The fraction of sp³-hybridized carbons (Fsp3) is 0.630. The van der Waals surface area contributed by atoms with Gasteiger partial charge in [-0.2, -0.15) is 0 Å². The highest BCUT2D eigenvalue weighted by Crippen LogP contribution is 2.16. The van der Waals surface area contributed by atoms with Crippen molar-refractivity contribution in [3.05, 3.63) is 35.9 Å². The molecular weight excluding hydrogens is 464 g/mol. The van der Waals surface area contributed by atoms with Crippen LogP contribution in [0.5, 0.6) is 0 Å². The Morgan fingerprint density at radius 3 is 2.31 bits per heavy atom. The third-order valence-electron chi connectivity index (χ3n) is 5.61. The fourth-order valence-corrected chi connectivity index (χ4v) is 3.72. The van der Waals surface area contributed by atoms with Gasteiger partial charge < -0.3 is 19.1 Å². The van der Waals surface area contributed by atoms with Gasteiger partial charge in [0.1, 0.15) is 18.8 Å². The van der Waals surface area contributed by atoms with Gasteiger partial charge in [0.05, 0.1) is 18.5 Å². The molecule has 1 heterocycles. The van der Waals surface area contributed by atoms with E-state index in [4.69, 9.17) is 14.2 Å². The van der Waals surface area contributed by atoms with Crippen molar-refractivity contribution in [1.29, 1.82) is 0 Å².